The van der Waals surface area contributed by atoms with Gasteiger partial charge in [-0.05, 0) is 44.1 Å². The molecule has 110 valence electrons. The first-order valence-electron chi connectivity index (χ1n) is 7.01. The van der Waals surface area contributed by atoms with Gasteiger partial charge in [0, 0.05) is 18.8 Å². The van der Waals surface area contributed by atoms with Crippen LogP contribution in [0, 0.1) is 0 Å². The van der Waals surface area contributed by atoms with E-state index in [4.69, 9.17) is 10.8 Å². The lowest BCUT2D eigenvalue weighted by Crippen LogP contribution is -2.33. The first-order valence-corrected chi connectivity index (χ1v) is 7.01. The summed E-state index contributed by atoms with van der Waals surface area (Å²) >= 11 is 0. The molecule has 0 atom stereocenters. The topological polar surface area (TPSA) is 90.6 Å². The maximum absolute atomic E-state index is 10.5. The van der Waals surface area contributed by atoms with E-state index in [-0.39, 0.29) is 0 Å². The van der Waals surface area contributed by atoms with Crippen LogP contribution in [0.1, 0.15) is 19.3 Å². The molecule has 5 N–H and O–H groups in total. The van der Waals surface area contributed by atoms with Gasteiger partial charge < -0.3 is 21.1 Å². The van der Waals surface area contributed by atoms with E-state index in [0.29, 0.717) is 11.4 Å². The fourth-order valence-corrected chi connectivity index (χ4v) is 2.46. The Morgan fingerprint density at radius 2 is 2.05 bits per heavy atom. The van der Waals surface area contributed by atoms with Gasteiger partial charge in [0.1, 0.15) is 0 Å². The van der Waals surface area contributed by atoms with Gasteiger partial charge >= 0.3 is 6.09 Å². The summed E-state index contributed by atoms with van der Waals surface area (Å²) in [6, 6.07) is 5.13. The summed E-state index contributed by atoms with van der Waals surface area (Å²) in [4.78, 5) is 13.0. The number of nitrogens with two attached hydrogens (primary N) is 1. The Labute approximate surface area is 119 Å². The molecule has 0 radical (unpaired) electrons. The quantitative estimate of drug-likeness (QED) is 0.620. The van der Waals surface area contributed by atoms with Crippen molar-refractivity contribution < 1.29 is 9.90 Å². The van der Waals surface area contributed by atoms with E-state index in [1.54, 1.807) is 18.2 Å². The van der Waals surface area contributed by atoms with Crippen molar-refractivity contribution in [2.75, 3.05) is 42.5 Å². The van der Waals surface area contributed by atoms with Crippen LogP contribution >= 0.6 is 0 Å². The molecule has 6 heteroatoms. The zero-order valence-corrected chi connectivity index (χ0v) is 11.6. The first-order chi connectivity index (χ1) is 9.65. The number of hydrogen-bond donors (Lipinski definition) is 4. The molecule has 0 bridgehead atoms. The van der Waals surface area contributed by atoms with E-state index in [9.17, 15) is 4.79 Å². The van der Waals surface area contributed by atoms with Crippen LogP contribution in [0.2, 0.25) is 0 Å². The molecule has 1 amide bonds. The molecule has 2 rings (SSSR count). The predicted octanol–water partition coefficient (Wildman–Crippen LogP) is 2.26. The van der Waals surface area contributed by atoms with E-state index < -0.39 is 6.09 Å². The van der Waals surface area contributed by atoms with E-state index in [2.05, 4.69) is 15.5 Å². The first kappa shape index (κ1) is 14.5. The van der Waals surface area contributed by atoms with Gasteiger partial charge in [0.2, 0.25) is 0 Å². The normalized spacial score (nSPS) is 15.8. The predicted molar refractivity (Wildman–Crippen MR) is 81.3 cm³/mol. The number of hydrogen-bond acceptors (Lipinski definition) is 4. The van der Waals surface area contributed by atoms with E-state index >= 15 is 0 Å². The van der Waals surface area contributed by atoms with Gasteiger partial charge in [-0.15, -0.1) is 0 Å². The third-order valence-electron chi connectivity index (χ3n) is 3.50. The molecular formula is C14H22N4O2. The third-order valence-corrected chi connectivity index (χ3v) is 3.50. The summed E-state index contributed by atoms with van der Waals surface area (Å²) in [6.07, 6.45) is 2.83. The van der Waals surface area contributed by atoms with Crippen molar-refractivity contribution in [2.24, 2.45) is 0 Å². The maximum Gasteiger partial charge on any atom is 0.409 e. The molecule has 1 aromatic rings. The number of nitrogens with one attached hydrogen (secondary N) is 2. The Morgan fingerprint density at radius 3 is 2.70 bits per heavy atom. The average Bonchev–Trinajstić information content (AvgIpc) is 2.42. The van der Waals surface area contributed by atoms with Crippen LogP contribution < -0.4 is 16.4 Å². The van der Waals surface area contributed by atoms with Gasteiger partial charge in [0.15, 0.2) is 0 Å². The fourth-order valence-electron chi connectivity index (χ4n) is 2.46. The largest absolute Gasteiger partial charge is 0.465 e. The van der Waals surface area contributed by atoms with Crippen LogP contribution in [0.3, 0.4) is 0 Å². The summed E-state index contributed by atoms with van der Waals surface area (Å²) in [5.41, 5.74) is 7.79. The second kappa shape index (κ2) is 7.00. The van der Waals surface area contributed by atoms with Gasteiger partial charge in [-0.1, -0.05) is 6.42 Å². The fraction of sp³-hybridized carbons (Fsp3) is 0.500. The van der Waals surface area contributed by atoms with Gasteiger partial charge in [0.25, 0.3) is 0 Å². The second-order valence-corrected chi connectivity index (χ2v) is 5.06. The van der Waals surface area contributed by atoms with Gasteiger partial charge in [-0.2, -0.15) is 0 Å². The van der Waals surface area contributed by atoms with Crippen LogP contribution in [0.5, 0.6) is 0 Å². The summed E-state index contributed by atoms with van der Waals surface area (Å²) < 4.78 is 0. The van der Waals surface area contributed by atoms with Crippen LogP contribution in [0.25, 0.3) is 0 Å². The van der Waals surface area contributed by atoms with Crippen molar-refractivity contribution in [3.8, 4) is 0 Å². The Kier molecular flexibility index (Phi) is 5.06. The molecular weight excluding hydrogens is 256 g/mol. The Balaban J connectivity index is 1.81. The van der Waals surface area contributed by atoms with Crippen molar-refractivity contribution in [3.63, 3.8) is 0 Å². The Bertz CT molecular complexity index is 458. The number of nitrogens with zero attached hydrogens (tertiary/aromatic N) is 1. The molecule has 1 saturated heterocycles. The lowest BCUT2D eigenvalue weighted by Gasteiger charge is -2.26. The number of nitrogen functional groups attached to an aromatic ring is 1. The van der Waals surface area contributed by atoms with Crippen LogP contribution in [-0.4, -0.2) is 42.3 Å². The van der Waals surface area contributed by atoms with Gasteiger partial charge in [0.05, 0.1) is 11.4 Å². The minimum absolute atomic E-state index is 0.483. The van der Waals surface area contributed by atoms with Crippen molar-refractivity contribution in [1.82, 2.24) is 4.90 Å². The zero-order chi connectivity index (χ0) is 14.4. The van der Waals surface area contributed by atoms with Gasteiger partial charge in [-0.3, -0.25) is 5.32 Å². The van der Waals surface area contributed by atoms with E-state index in [0.717, 1.165) is 18.8 Å². The average molecular weight is 278 g/mol. The zero-order valence-electron chi connectivity index (χ0n) is 11.6. The smallest absolute Gasteiger partial charge is 0.409 e. The summed E-state index contributed by atoms with van der Waals surface area (Å²) in [7, 11) is 0. The second-order valence-electron chi connectivity index (χ2n) is 5.06. The number of benzene rings is 1. The van der Waals surface area contributed by atoms with Crippen molar-refractivity contribution >= 4 is 23.2 Å². The van der Waals surface area contributed by atoms with Crippen LogP contribution in [0.15, 0.2) is 18.2 Å². The lowest BCUT2D eigenvalue weighted by atomic mass is 10.1. The highest BCUT2D eigenvalue weighted by molar-refractivity contribution is 5.85. The van der Waals surface area contributed by atoms with Crippen molar-refractivity contribution in [3.05, 3.63) is 18.2 Å². The monoisotopic (exact) mass is 278 g/mol. The Hall–Kier alpha value is -1.95. The molecule has 6 nitrogen and oxygen atoms in total. The minimum atomic E-state index is -1.09. The molecule has 0 unspecified atom stereocenters. The summed E-state index contributed by atoms with van der Waals surface area (Å²) in [5.74, 6) is 0. The molecule has 1 fully saturated rings. The molecule has 20 heavy (non-hydrogen) atoms. The molecule has 0 aliphatic carbocycles. The SMILES string of the molecule is Nc1cc(NC(=O)O)ccc1NCCN1CCCCC1. The third kappa shape index (κ3) is 4.31. The molecule has 0 aromatic heterocycles. The van der Waals surface area contributed by atoms with Crippen molar-refractivity contribution in [1.29, 1.82) is 0 Å². The number of rotatable bonds is 5. The van der Waals surface area contributed by atoms with Gasteiger partial charge in [-0.25, -0.2) is 4.79 Å². The standard InChI is InChI=1S/C14H22N4O2/c15-12-10-11(17-14(19)20)4-5-13(12)16-6-9-18-7-2-1-3-8-18/h4-5,10,16-17H,1-3,6-9,15H2,(H,19,20). The molecule has 1 aromatic carbocycles. The summed E-state index contributed by atoms with van der Waals surface area (Å²) in [5, 5.41) is 14.2. The lowest BCUT2D eigenvalue weighted by molar-refractivity contribution is 0.210. The molecule has 1 heterocycles. The van der Waals surface area contributed by atoms with E-state index in [1.165, 1.54) is 32.4 Å². The van der Waals surface area contributed by atoms with E-state index in [1.807, 2.05) is 0 Å². The molecule has 0 spiro atoms. The number of piperidine rings is 1. The molecule has 1 aliphatic rings. The number of carbonyl (C=O) groups is 1. The minimum Gasteiger partial charge on any atom is -0.465 e. The number of anilines is 3. The van der Waals surface area contributed by atoms with Crippen LogP contribution in [-0.2, 0) is 0 Å². The Morgan fingerprint density at radius 1 is 1.30 bits per heavy atom. The highest BCUT2D eigenvalue weighted by Crippen LogP contribution is 2.22. The number of likely N-dealkylation sites (tertiary alicyclic amines) is 1. The number of carboxylic acid groups (broad SMARTS) is 1. The molecule has 0 saturated carbocycles. The van der Waals surface area contributed by atoms with Crippen molar-refractivity contribution in [2.45, 2.75) is 19.3 Å². The summed E-state index contributed by atoms with van der Waals surface area (Å²) in [6.45, 7) is 4.21. The highest BCUT2D eigenvalue weighted by Gasteiger charge is 2.09. The highest BCUT2D eigenvalue weighted by atomic mass is 16.4. The molecule has 1 aliphatic heterocycles. The number of amides is 1. The maximum atomic E-state index is 10.5. The van der Waals surface area contributed by atoms with Crippen LogP contribution in [0.4, 0.5) is 21.9 Å².